The Morgan fingerprint density at radius 2 is 2.25 bits per heavy atom. The van der Waals surface area contributed by atoms with Gasteiger partial charge in [0.05, 0.1) is 28.1 Å². The van der Waals surface area contributed by atoms with E-state index in [-0.39, 0.29) is 23.5 Å². The topological polar surface area (TPSA) is 121 Å². The van der Waals surface area contributed by atoms with E-state index in [1.807, 2.05) is 0 Å². The van der Waals surface area contributed by atoms with Gasteiger partial charge in [0.1, 0.15) is 6.61 Å². The zero-order chi connectivity index (χ0) is 17.1. The molecule has 8 nitrogen and oxygen atoms in total. The smallest absolute Gasteiger partial charge is 0.340 e. The minimum absolute atomic E-state index is 0.0104. The average Bonchev–Trinajstić information content (AvgIpc) is 3.23. The van der Waals surface area contributed by atoms with Crippen molar-refractivity contribution in [3.05, 3.63) is 63.3 Å². The van der Waals surface area contributed by atoms with Crippen molar-refractivity contribution in [3.63, 3.8) is 0 Å². The number of furan rings is 1. The van der Waals surface area contributed by atoms with Crippen molar-refractivity contribution in [2.45, 2.75) is 6.61 Å². The number of ether oxygens (including phenoxy) is 1. The predicted octanol–water partition coefficient (Wildman–Crippen LogP) is 3.25. The van der Waals surface area contributed by atoms with Crippen LogP contribution in [0, 0.1) is 10.1 Å². The van der Waals surface area contributed by atoms with Gasteiger partial charge in [-0.3, -0.25) is 10.1 Å². The third-order valence-electron chi connectivity index (χ3n) is 3.10. The van der Waals surface area contributed by atoms with E-state index >= 15 is 0 Å². The molecule has 0 atom stereocenters. The van der Waals surface area contributed by atoms with Crippen LogP contribution < -0.4 is 5.73 Å². The molecule has 3 rings (SSSR count). The summed E-state index contributed by atoms with van der Waals surface area (Å²) in [5.41, 5.74) is 6.11. The fourth-order valence-electron chi connectivity index (χ4n) is 1.95. The highest BCUT2D eigenvalue weighted by atomic mass is 32.1. The minimum atomic E-state index is -0.671. The lowest BCUT2D eigenvalue weighted by atomic mass is 10.1. The van der Waals surface area contributed by atoms with Crippen LogP contribution in [0.5, 0.6) is 0 Å². The summed E-state index contributed by atoms with van der Waals surface area (Å²) < 4.78 is 10.4. The van der Waals surface area contributed by atoms with Crippen molar-refractivity contribution in [1.29, 1.82) is 0 Å². The molecule has 0 spiro atoms. The lowest BCUT2D eigenvalue weighted by Crippen LogP contribution is -2.08. The fraction of sp³-hybridized carbons (Fsp3) is 0.0667. The number of rotatable bonds is 5. The molecule has 0 aliphatic carbocycles. The monoisotopic (exact) mass is 345 g/mol. The Balaban J connectivity index is 1.66. The van der Waals surface area contributed by atoms with Gasteiger partial charge in [-0.2, -0.15) is 0 Å². The third-order valence-corrected chi connectivity index (χ3v) is 4.01. The highest BCUT2D eigenvalue weighted by Gasteiger charge is 2.16. The number of aromatic nitrogens is 1. The van der Waals surface area contributed by atoms with E-state index in [9.17, 15) is 14.9 Å². The van der Waals surface area contributed by atoms with Gasteiger partial charge in [-0.15, -0.1) is 11.3 Å². The van der Waals surface area contributed by atoms with Crippen LogP contribution in [0.4, 0.5) is 11.4 Å². The summed E-state index contributed by atoms with van der Waals surface area (Å²) in [6.45, 7) is -0.0352. The Labute approximate surface area is 139 Å². The molecule has 2 N–H and O–H groups in total. The second kappa shape index (κ2) is 6.50. The number of benzene rings is 1. The molecule has 0 radical (unpaired) electrons. The molecular weight excluding hydrogens is 334 g/mol. The molecule has 1 aromatic carbocycles. The molecule has 3 aromatic rings. The number of esters is 1. The van der Waals surface area contributed by atoms with Crippen molar-refractivity contribution in [1.82, 2.24) is 4.98 Å². The number of nitrogen functional groups attached to an aromatic ring is 1. The first-order valence-corrected chi connectivity index (χ1v) is 7.62. The Bertz CT molecular complexity index is 888. The van der Waals surface area contributed by atoms with Crippen LogP contribution in [-0.2, 0) is 11.3 Å². The van der Waals surface area contributed by atoms with Crippen LogP contribution >= 0.6 is 11.3 Å². The van der Waals surface area contributed by atoms with Gasteiger partial charge in [-0.25, -0.2) is 9.78 Å². The van der Waals surface area contributed by atoms with E-state index < -0.39 is 10.9 Å². The standard InChI is InChI=1S/C15H11N3O5S/c16-12-6-10(18(20)21)3-4-11(12)15(19)23-7-9-8-24-14(17-9)13-2-1-5-22-13/h1-6,8H,7,16H2. The Kier molecular flexibility index (Phi) is 4.25. The van der Waals surface area contributed by atoms with E-state index in [1.54, 1.807) is 23.8 Å². The normalized spacial score (nSPS) is 10.5. The van der Waals surface area contributed by atoms with Crippen molar-refractivity contribution < 1.29 is 18.9 Å². The molecule has 0 bridgehead atoms. The maximum absolute atomic E-state index is 12.0. The van der Waals surface area contributed by atoms with Crippen LogP contribution in [0.1, 0.15) is 16.1 Å². The van der Waals surface area contributed by atoms with Gasteiger partial charge < -0.3 is 14.9 Å². The molecule has 2 aromatic heterocycles. The summed E-state index contributed by atoms with van der Waals surface area (Å²) in [5, 5.41) is 13.1. The number of carbonyl (C=O) groups excluding carboxylic acids is 1. The summed E-state index contributed by atoms with van der Waals surface area (Å²) in [7, 11) is 0. The van der Waals surface area contributed by atoms with Crippen LogP contribution in [-0.4, -0.2) is 15.9 Å². The van der Waals surface area contributed by atoms with Gasteiger partial charge in [0, 0.05) is 17.5 Å². The zero-order valence-corrected chi connectivity index (χ0v) is 13.0. The summed E-state index contributed by atoms with van der Waals surface area (Å²) in [4.78, 5) is 26.4. The van der Waals surface area contributed by atoms with Crippen molar-refractivity contribution >= 4 is 28.7 Å². The first kappa shape index (κ1) is 15.7. The number of anilines is 1. The van der Waals surface area contributed by atoms with Gasteiger partial charge in [0.25, 0.3) is 5.69 Å². The average molecular weight is 345 g/mol. The molecule has 0 unspecified atom stereocenters. The number of nitro groups is 1. The van der Waals surface area contributed by atoms with Gasteiger partial charge >= 0.3 is 5.97 Å². The number of nitrogens with two attached hydrogens (primary N) is 1. The molecule has 0 aliphatic heterocycles. The Hall–Kier alpha value is -3.20. The van der Waals surface area contributed by atoms with Gasteiger partial charge in [0.15, 0.2) is 10.8 Å². The molecule has 0 saturated heterocycles. The molecule has 9 heteroatoms. The molecular formula is C15H11N3O5S. The highest BCUT2D eigenvalue weighted by molar-refractivity contribution is 7.13. The summed E-state index contributed by atoms with van der Waals surface area (Å²) in [5.74, 6) is -0.0351. The number of carbonyl (C=O) groups is 1. The summed E-state index contributed by atoms with van der Waals surface area (Å²) in [6.07, 6.45) is 1.55. The fourth-order valence-corrected chi connectivity index (χ4v) is 2.72. The summed E-state index contributed by atoms with van der Waals surface area (Å²) in [6, 6.07) is 7.13. The number of thiazole rings is 1. The second-order valence-electron chi connectivity index (χ2n) is 4.73. The lowest BCUT2D eigenvalue weighted by molar-refractivity contribution is -0.384. The number of hydrogen-bond acceptors (Lipinski definition) is 8. The molecule has 0 amide bonds. The zero-order valence-electron chi connectivity index (χ0n) is 12.2. The molecule has 0 aliphatic rings. The van der Waals surface area contributed by atoms with Crippen LogP contribution in [0.15, 0.2) is 46.4 Å². The number of hydrogen-bond donors (Lipinski definition) is 1. The minimum Gasteiger partial charge on any atom is -0.462 e. The van der Waals surface area contributed by atoms with Crippen molar-refractivity contribution in [2.24, 2.45) is 0 Å². The van der Waals surface area contributed by atoms with Crippen LogP contribution in [0.2, 0.25) is 0 Å². The summed E-state index contributed by atoms with van der Waals surface area (Å²) >= 11 is 1.37. The largest absolute Gasteiger partial charge is 0.462 e. The van der Waals surface area contributed by atoms with Gasteiger partial charge in [-0.05, 0) is 18.2 Å². The molecule has 0 saturated carbocycles. The van der Waals surface area contributed by atoms with Gasteiger partial charge in [0.2, 0.25) is 0 Å². The molecule has 2 heterocycles. The van der Waals surface area contributed by atoms with Crippen LogP contribution in [0.25, 0.3) is 10.8 Å². The van der Waals surface area contributed by atoms with E-state index in [1.165, 1.54) is 23.5 Å². The maximum Gasteiger partial charge on any atom is 0.340 e. The molecule has 122 valence electrons. The van der Waals surface area contributed by atoms with Gasteiger partial charge in [-0.1, -0.05) is 0 Å². The predicted molar refractivity (Wildman–Crippen MR) is 86.4 cm³/mol. The lowest BCUT2D eigenvalue weighted by Gasteiger charge is -2.05. The first-order chi connectivity index (χ1) is 11.5. The van der Waals surface area contributed by atoms with E-state index in [0.717, 1.165) is 6.07 Å². The first-order valence-electron chi connectivity index (χ1n) is 6.74. The Morgan fingerprint density at radius 1 is 1.42 bits per heavy atom. The van der Waals surface area contributed by atoms with Crippen molar-refractivity contribution in [2.75, 3.05) is 5.73 Å². The number of non-ortho nitro benzene ring substituents is 1. The Morgan fingerprint density at radius 3 is 2.92 bits per heavy atom. The highest BCUT2D eigenvalue weighted by Crippen LogP contribution is 2.25. The quantitative estimate of drug-likeness (QED) is 0.326. The maximum atomic E-state index is 12.0. The number of nitro benzene ring substituents is 1. The van der Waals surface area contributed by atoms with Crippen LogP contribution in [0.3, 0.4) is 0 Å². The number of nitrogens with zero attached hydrogens (tertiary/aromatic N) is 2. The van der Waals surface area contributed by atoms with E-state index in [2.05, 4.69) is 4.98 Å². The van der Waals surface area contributed by atoms with Crippen molar-refractivity contribution in [3.8, 4) is 10.8 Å². The second-order valence-corrected chi connectivity index (χ2v) is 5.58. The third kappa shape index (κ3) is 3.25. The molecule has 24 heavy (non-hydrogen) atoms. The van der Waals surface area contributed by atoms with E-state index in [0.29, 0.717) is 16.5 Å². The molecule has 0 fully saturated rings. The van der Waals surface area contributed by atoms with E-state index in [4.69, 9.17) is 14.9 Å². The SMILES string of the molecule is Nc1cc([N+](=O)[O-])ccc1C(=O)OCc1csc(-c2ccco2)n1.